The second kappa shape index (κ2) is 7.93. The van der Waals surface area contributed by atoms with Crippen molar-refractivity contribution >= 4 is 39.6 Å². The Labute approximate surface area is 163 Å². The van der Waals surface area contributed by atoms with Crippen molar-refractivity contribution < 1.29 is 14.0 Å². The smallest absolute Gasteiger partial charge is 0.276 e. The molecule has 0 saturated heterocycles. The summed E-state index contributed by atoms with van der Waals surface area (Å²) in [6.07, 6.45) is 1.68. The van der Waals surface area contributed by atoms with Crippen molar-refractivity contribution in [2.75, 3.05) is 5.32 Å². The number of aryl methyl sites for hydroxylation is 2. The number of amides is 2. The van der Waals surface area contributed by atoms with E-state index in [1.54, 1.807) is 37.6 Å². The summed E-state index contributed by atoms with van der Waals surface area (Å²) in [7, 11) is 0. The van der Waals surface area contributed by atoms with Crippen LogP contribution in [0.1, 0.15) is 49.3 Å². The third-order valence-corrected chi connectivity index (χ3v) is 5.61. The molecule has 6 nitrogen and oxygen atoms in total. The summed E-state index contributed by atoms with van der Waals surface area (Å²) >= 11 is 2.62. The number of hydrogen-bond acceptors (Lipinski definition) is 6. The molecule has 3 rings (SSSR count). The first-order valence-corrected chi connectivity index (χ1v) is 9.80. The molecule has 0 unspecified atom stereocenters. The summed E-state index contributed by atoms with van der Waals surface area (Å²) in [6.45, 7) is 5.23. The number of hydrogen-bond donors (Lipinski definition) is 2. The summed E-state index contributed by atoms with van der Waals surface area (Å²) in [5.41, 5.74) is 0.627. The van der Waals surface area contributed by atoms with Gasteiger partial charge in [0.15, 0.2) is 5.13 Å². The molecule has 27 heavy (non-hydrogen) atoms. The lowest BCUT2D eigenvalue weighted by molar-refractivity contribution is 0.0935. The molecule has 0 bridgehead atoms. The second-order valence-corrected chi connectivity index (χ2v) is 8.06. The molecule has 2 amide bonds. The van der Waals surface area contributed by atoms with Gasteiger partial charge < -0.3 is 5.32 Å². The lowest BCUT2D eigenvalue weighted by Gasteiger charge is -2.12. The van der Waals surface area contributed by atoms with Gasteiger partial charge in [-0.1, -0.05) is 12.1 Å². The fourth-order valence-electron chi connectivity index (χ4n) is 2.32. The van der Waals surface area contributed by atoms with Gasteiger partial charge in [-0.25, -0.2) is 14.4 Å². The van der Waals surface area contributed by atoms with Crippen LogP contribution in [0.5, 0.6) is 0 Å². The lowest BCUT2D eigenvalue weighted by Crippen LogP contribution is -2.27. The summed E-state index contributed by atoms with van der Waals surface area (Å²) in [5, 5.41) is 8.07. The highest BCUT2D eigenvalue weighted by atomic mass is 32.1. The van der Waals surface area contributed by atoms with Crippen LogP contribution in [-0.4, -0.2) is 21.8 Å². The number of halogens is 1. The van der Waals surface area contributed by atoms with Gasteiger partial charge in [-0.05, 0) is 32.4 Å². The van der Waals surface area contributed by atoms with E-state index in [1.807, 2.05) is 6.92 Å². The Morgan fingerprint density at radius 2 is 2.00 bits per heavy atom. The van der Waals surface area contributed by atoms with Crippen molar-refractivity contribution in [1.82, 2.24) is 15.3 Å². The number of carbonyl (C=O) groups excluding carboxylic acids is 2. The van der Waals surface area contributed by atoms with Crippen LogP contribution < -0.4 is 10.6 Å². The van der Waals surface area contributed by atoms with Crippen molar-refractivity contribution in [2.24, 2.45) is 0 Å². The van der Waals surface area contributed by atoms with Crippen molar-refractivity contribution in [2.45, 2.75) is 26.8 Å². The van der Waals surface area contributed by atoms with Gasteiger partial charge in [0.1, 0.15) is 16.5 Å². The van der Waals surface area contributed by atoms with Crippen molar-refractivity contribution in [3.05, 3.63) is 62.3 Å². The zero-order valence-corrected chi connectivity index (χ0v) is 16.5. The monoisotopic (exact) mass is 404 g/mol. The van der Waals surface area contributed by atoms with E-state index in [1.165, 1.54) is 28.7 Å². The minimum atomic E-state index is -0.542. The van der Waals surface area contributed by atoms with Crippen molar-refractivity contribution in [1.29, 1.82) is 0 Å². The molecule has 2 heterocycles. The Morgan fingerprint density at radius 3 is 2.70 bits per heavy atom. The van der Waals surface area contributed by atoms with Crippen molar-refractivity contribution in [3.8, 4) is 0 Å². The van der Waals surface area contributed by atoms with Gasteiger partial charge in [0.25, 0.3) is 11.8 Å². The standard InChI is InChI=1S/C18H17FN4O2S2/c1-9-5-4-6-12(14(9)19)15(24)21-11(3)17-22-13(8-26-17)16(25)23-18-20-7-10(2)27-18/h4-8,11H,1-3H3,(H,21,24)(H,20,23,25)/t11-/m0/s1. The first kappa shape index (κ1) is 19.1. The molecule has 0 fully saturated rings. The molecule has 140 valence electrons. The number of carbonyl (C=O) groups is 2. The Morgan fingerprint density at radius 1 is 1.22 bits per heavy atom. The Hall–Kier alpha value is -2.65. The molecule has 2 aromatic heterocycles. The average molecular weight is 404 g/mol. The van der Waals surface area contributed by atoms with Crippen LogP contribution in [0.4, 0.5) is 9.52 Å². The number of aromatic nitrogens is 2. The number of nitrogens with zero attached hydrogens (tertiary/aromatic N) is 2. The van der Waals surface area contributed by atoms with Gasteiger partial charge >= 0.3 is 0 Å². The van der Waals surface area contributed by atoms with E-state index < -0.39 is 17.8 Å². The largest absolute Gasteiger partial charge is 0.343 e. The van der Waals surface area contributed by atoms with Crippen molar-refractivity contribution in [3.63, 3.8) is 0 Å². The molecule has 0 aliphatic carbocycles. The average Bonchev–Trinajstić information content (AvgIpc) is 3.26. The Kier molecular flexibility index (Phi) is 5.62. The molecule has 2 N–H and O–H groups in total. The van der Waals surface area contributed by atoms with Crippen LogP contribution in [0.25, 0.3) is 0 Å². The normalized spacial score (nSPS) is 11.9. The van der Waals surface area contributed by atoms with E-state index in [0.717, 1.165) is 4.88 Å². The molecule has 0 aliphatic heterocycles. The maximum absolute atomic E-state index is 14.1. The fourth-order valence-corrected chi connectivity index (χ4v) is 3.79. The molecular formula is C18H17FN4O2S2. The van der Waals surface area contributed by atoms with E-state index in [2.05, 4.69) is 20.6 Å². The van der Waals surface area contributed by atoms with Crippen LogP contribution in [0.15, 0.2) is 29.8 Å². The van der Waals surface area contributed by atoms with E-state index in [0.29, 0.717) is 15.7 Å². The predicted molar refractivity (Wildman–Crippen MR) is 104 cm³/mol. The van der Waals surface area contributed by atoms with Crippen LogP contribution in [-0.2, 0) is 0 Å². The zero-order valence-electron chi connectivity index (χ0n) is 14.9. The summed E-state index contributed by atoms with van der Waals surface area (Å²) in [4.78, 5) is 33.9. The Balaban J connectivity index is 1.67. The van der Waals surface area contributed by atoms with Crippen LogP contribution in [0, 0.1) is 19.7 Å². The number of nitrogens with one attached hydrogen (secondary N) is 2. The summed E-state index contributed by atoms with van der Waals surface area (Å²) in [6, 6.07) is 4.20. The molecule has 1 atom stereocenters. The van der Waals surface area contributed by atoms with Crippen LogP contribution >= 0.6 is 22.7 Å². The molecule has 3 aromatic rings. The number of thiazole rings is 2. The maximum Gasteiger partial charge on any atom is 0.276 e. The third kappa shape index (κ3) is 4.37. The second-order valence-electron chi connectivity index (χ2n) is 5.93. The molecule has 0 aliphatic rings. The van der Waals surface area contributed by atoms with E-state index in [9.17, 15) is 14.0 Å². The van der Waals surface area contributed by atoms with Gasteiger partial charge in [0.2, 0.25) is 0 Å². The van der Waals surface area contributed by atoms with E-state index in [-0.39, 0.29) is 17.2 Å². The summed E-state index contributed by atoms with van der Waals surface area (Å²) < 4.78 is 14.1. The van der Waals surface area contributed by atoms with Gasteiger partial charge in [0, 0.05) is 16.5 Å². The van der Waals surface area contributed by atoms with Crippen LogP contribution in [0.3, 0.4) is 0 Å². The van der Waals surface area contributed by atoms with Gasteiger partial charge in [0.05, 0.1) is 11.6 Å². The first-order valence-electron chi connectivity index (χ1n) is 8.10. The van der Waals surface area contributed by atoms with E-state index >= 15 is 0 Å². The molecule has 0 radical (unpaired) electrons. The molecular weight excluding hydrogens is 387 g/mol. The molecule has 0 saturated carbocycles. The number of rotatable bonds is 5. The molecule has 9 heteroatoms. The highest BCUT2D eigenvalue weighted by molar-refractivity contribution is 7.15. The third-order valence-electron chi connectivity index (χ3n) is 3.75. The number of benzene rings is 1. The molecule has 0 spiro atoms. The van der Waals surface area contributed by atoms with Crippen LogP contribution in [0.2, 0.25) is 0 Å². The first-order chi connectivity index (χ1) is 12.8. The van der Waals surface area contributed by atoms with Gasteiger partial charge in [-0.2, -0.15) is 0 Å². The number of anilines is 1. The SMILES string of the molecule is Cc1cnc(NC(=O)c2csc([C@H](C)NC(=O)c3cccc(C)c3F)n2)s1. The minimum Gasteiger partial charge on any atom is -0.343 e. The maximum atomic E-state index is 14.1. The highest BCUT2D eigenvalue weighted by Crippen LogP contribution is 2.21. The van der Waals surface area contributed by atoms with Gasteiger partial charge in [-0.3, -0.25) is 14.9 Å². The predicted octanol–water partition coefficient (Wildman–Crippen LogP) is 4.10. The zero-order chi connectivity index (χ0) is 19.6. The quantitative estimate of drug-likeness (QED) is 0.671. The highest BCUT2D eigenvalue weighted by Gasteiger charge is 2.20. The summed E-state index contributed by atoms with van der Waals surface area (Å²) in [5.74, 6) is -1.43. The fraction of sp³-hybridized carbons (Fsp3) is 0.222. The lowest BCUT2D eigenvalue weighted by atomic mass is 10.1. The topological polar surface area (TPSA) is 84.0 Å². The van der Waals surface area contributed by atoms with E-state index in [4.69, 9.17) is 0 Å². The van der Waals surface area contributed by atoms with Gasteiger partial charge in [-0.15, -0.1) is 22.7 Å². The Bertz CT molecular complexity index is 999. The minimum absolute atomic E-state index is 0.0180. The molecule has 1 aromatic carbocycles.